The fraction of sp³-hybridized carbons (Fsp3) is 0.333. The first-order chi connectivity index (χ1) is 9.69. The van der Waals surface area contributed by atoms with Crippen LogP contribution in [0.2, 0.25) is 5.02 Å². The van der Waals surface area contributed by atoms with Crippen molar-refractivity contribution in [1.82, 2.24) is 5.32 Å². The predicted molar refractivity (Wildman–Crippen MR) is 87.4 cm³/mol. The predicted octanol–water partition coefficient (Wildman–Crippen LogP) is 4.93. The summed E-state index contributed by atoms with van der Waals surface area (Å²) in [5, 5.41) is 4.35. The highest BCUT2D eigenvalue weighted by Crippen LogP contribution is 2.21. The molecule has 0 saturated carbocycles. The fourth-order valence-corrected chi connectivity index (χ4v) is 2.52. The Morgan fingerprint density at radius 3 is 2.25 bits per heavy atom. The van der Waals surface area contributed by atoms with Crippen molar-refractivity contribution in [3.05, 3.63) is 70.2 Å². The molecule has 0 saturated heterocycles. The number of benzene rings is 2. The van der Waals surface area contributed by atoms with Crippen LogP contribution in [0, 0.1) is 6.92 Å². The van der Waals surface area contributed by atoms with Gasteiger partial charge >= 0.3 is 0 Å². The van der Waals surface area contributed by atoms with Gasteiger partial charge in [0.15, 0.2) is 0 Å². The molecular formula is C18H22ClN. The molecule has 2 rings (SSSR count). The lowest BCUT2D eigenvalue weighted by molar-refractivity contribution is 0.515. The molecule has 106 valence electrons. The molecule has 0 radical (unpaired) electrons. The first-order valence-electron chi connectivity index (χ1n) is 7.23. The van der Waals surface area contributed by atoms with E-state index in [1.807, 2.05) is 12.1 Å². The molecule has 1 nitrogen and oxygen atoms in total. The lowest BCUT2D eigenvalue weighted by Crippen LogP contribution is -2.21. The smallest absolute Gasteiger partial charge is 0.0406 e. The maximum atomic E-state index is 5.96. The minimum atomic E-state index is 0.388. The van der Waals surface area contributed by atoms with Crippen LogP contribution < -0.4 is 5.32 Å². The average Bonchev–Trinajstić information content (AvgIpc) is 2.46. The standard InChI is InChI=1S/C18H22ClN/c1-3-20-18(16-9-11-17(19)12-10-16)13-8-15-6-4-14(2)5-7-15/h4-7,9-12,18,20H,3,8,13H2,1-2H3. The molecule has 0 fully saturated rings. The van der Waals surface area contributed by atoms with E-state index in [4.69, 9.17) is 11.6 Å². The van der Waals surface area contributed by atoms with E-state index in [0.717, 1.165) is 24.4 Å². The van der Waals surface area contributed by atoms with E-state index in [1.54, 1.807) is 0 Å². The Hall–Kier alpha value is -1.31. The Labute approximate surface area is 127 Å². The molecule has 2 heteroatoms. The number of rotatable bonds is 6. The maximum absolute atomic E-state index is 5.96. The first kappa shape index (κ1) is 15.1. The Morgan fingerprint density at radius 1 is 1.00 bits per heavy atom. The lowest BCUT2D eigenvalue weighted by Gasteiger charge is -2.18. The first-order valence-corrected chi connectivity index (χ1v) is 7.61. The Morgan fingerprint density at radius 2 is 1.65 bits per heavy atom. The average molecular weight is 288 g/mol. The van der Waals surface area contributed by atoms with E-state index < -0.39 is 0 Å². The van der Waals surface area contributed by atoms with Crippen LogP contribution in [0.5, 0.6) is 0 Å². The maximum Gasteiger partial charge on any atom is 0.0406 e. The van der Waals surface area contributed by atoms with Gasteiger partial charge in [-0.15, -0.1) is 0 Å². The minimum absolute atomic E-state index is 0.388. The molecule has 20 heavy (non-hydrogen) atoms. The van der Waals surface area contributed by atoms with Gasteiger partial charge in [0.1, 0.15) is 0 Å². The Bertz CT molecular complexity index is 516. The van der Waals surface area contributed by atoms with Gasteiger partial charge in [0.2, 0.25) is 0 Å². The summed E-state index contributed by atoms with van der Waals surface area (Å²) in [4.78, 5) is 0. The van der Waals surface area contributed by atoms with E-state index in [0.29, 0.717) is 6.04 Å². The van der Waals surface area contributed by atoms with Gasteiger partial charge < -0.3 is 5.32 Å². The van der Waals surface area contributed by atoms with Gasteiger partial charge in [0.05, 0.1) is 0 Å². The fourth-order valence-electron chi connectivity index (χ4n) is 2.39. The Balaban J connectivity index is 2.02. The van der Waals surface area contributed by atoms with Gasteiger partial charge in [-0.3, -0.25) is 0 Å². The van der Waals surface area contributed by atoms with Crippen LogP contribution in [0.4, 0.5) is 0 Å². The van der Waals surface area contributed by atoms with Crippen LogP contribution in [0.15, 0.2) is 48.5 Å². The molecule has 0 spiro atoms. The largest absolute Gasteiger partial charge is 0.310 e. The van der Waals surface area contributed by atoms with E-state index in [2.05, 4.69) is 55.6 Å². The SMILES string of the molecule is CCNC(CCc1ccc(C)cc1)c1ccc(Cl)cc1. The highest BCUT2D eigenvalue weighted by Gasteiger charge is 2.10. The summed E-state index contributed by atoms with van der Waals surface area (Å²) in [5.74, 6) is 0. The normalized spacial score (nSPS) is 12.3. The second kappa shape index (κ2) is 7.47. The minimum Gasteiger partial charge on any atom is -0.310 e. The second-order valence-corrected chi connectivity index (χ2v) is 5.62. The Kier molecular flexibility index (Phi) is 5.63. The third-order valence-electron chi connectivity index (χ3n) is 3.57. The van der Waals surface area contributed by atoms with Crippen LogP contribution in [0.3, 0.4) is 0 Å². The molecule has 1 N–H and O–H groups in total. The van der Waals surface area contributed by atoms with Crippen molar-refractivity contribution in [1.29, 1.82) is 0 Å². The second-order valence-electron chi connectivity index (χ2n) is 5.19. The van der Waals surface area contributed by atoms with Crippen LogP contribution in [-0.2, 0) is 6.42 Å². The summed E-state index contributed by atoms with van der Waals surface area (Å²) in [6.07, 6.45) is 2.18. The van der Waals surface area contributed by atoms with E-state index >= 15 is 0 Å². The van der Waals surface area contributed by atoms with Gasteiger partial charge in [-0.1, -0.05) is 60.5 Å². The van der Waals surface area contributed by atoms with Crippen LogP contribution >= 0.6 is 11.6 Å². The summed E-state index contributed by atoms with van der Waals surface area (Å²) in [6, 6.07) is 17.4. The molecule has 0 amide bonds. The van der Waals surface area contributed by atoms with E-state index in [1.165, 1.54) is 16.7 Å². The van der Waals surface area contributed by atoms with Gasteiger partial charge in [-0.2, -0.15) is 0 Å². The van der Waals surface area contributed by atoms with Crippen molar-refractivity contribution in [2.75, 3.05) is 6.54 Å². The topological polar surface area (TPSA) is 12.0 Å². The quantitative estimate of drug-likeness (QED) is 0.794. The van der Waals surface area contributed by atoms with Crippen molar-refractivity contribution in [2.45, 2.75) is 32.7 Å². The molecule has 0 heterocycles. The summed E-state index contributed by atoms with van der Waals surface area (Å²) in [7, 11) is 0. The molecule has 2 aromatic carbocycles. The molecule has 2 aromatic rings. The number of nitrogens with one attached hydrogen (secondary N) is 1. The zero-order valence-electron chi connectivity index (χ0n) is 12.2. The summed E-state index contributed by atoms with van der Waals surface area (Å²) < 4.78 is 0. The van der Waals surface area contributed by atoms with Crippen LogP contribution in [0.1, 0.15) is 36.1 Å². The highest BCUT2D eigenvalue weighted by molar-refractivity contribution is 6.30. The van der Waals surface area contributed by atoms with Crippen molar-refractivity contribution in [2.24, 2.45) is 0 Å². The van der Waals surface area contributed by atoms with Crippen molar-refractivity contribution >= 4 is 11.6 Å². The molecule has 0 aliphatic carbocycles. The lowest BCUT2D eigenvalue weighted by atomic mass is 9.98. The highest BCUT2D eigenvalue weighted by atomic mass is 35.5. The monoisotopic (exact) mass is 287 g/mol. The zero-order valence-corrected chi connectivity index (χ0v) is 13.0. The van der Waals surface area contributed by atoms with Crippen LogP contribution in [0.25, 0.3) is 0 Å². The van der Waals surface area contributed by atoms with Gasteiger partial charge in [-0.05, 0) is 49.6 Å². The third-order valence-corrected chi connectivity index (χ3v) is 3.82. The van der Waals surface area contributed by atoms with Crippen LogP contribution in [-0.4, -0.2) is 6.54 Å². The zero-order chi connectivity index (χ0) is 14.4. The van der Waals surface area contributed by atoms with E-state index in [9.17, 15) is 0 Å². The van der Waals surface area contributed by atoms with Gasteiger partial charge in [0, 0.05) is 11.1 Å². The van der Waals surface area contributed by atoms with E-state index in [-0.39, 0.29) is 0 Å². The molecule has 0 aliphatic heterocycles. The summed E-state index contributed by atoms with van der Waals surface area (Å²) >= 11 is 5.96. The molecule has 0 bridgehead atoms. The van der Waals surface area contributed by atoms with Crippen molar-refractivity contribution in [3.63, 3.8) is 0 Å². The van der Waals surface area contributed by atoms with Crippen molar-refractivity contribution < 1.29 is 0 Å². The molecule has 1 atom stereocenters. The molecular weight excluding hydrogens is 266 g/mol. The number of aryl methyl sites for hydroxylation is 2. The third kappa shape index (κ3) is 4.36. The number of hydrogen-bond acceptors (Lipinski definition) is 1. The van der Waals surface area contributed by atoms with Crippen molar-refractivity contribution in [3.8, 4) is 0 Å². The van der Waals surface area contributed by atoms with Gasteiger partial charge in [0.25, 0.3) is 0 Å². The number of halogens is 1. The summed E-state index contributed by atoms with van der Waals surface area (Å²) in [5.41, 5.74) is 4.02. The summed E-state index contributed by atoms with van der Waals surface area (Å²) in [6.45, 7) is 5.24. The molecule has 0 aromatic heterocycles. The van der Waals surface area contributed by atoms with Gasteiger partial charge in [-0.25, -0.2) is 0 Å². The molecule has 1 unspecified atom stereocenters. The number of hydrogen-bond donors (Lipinski definition) is 1. The molecule has 0 aliphatic rings.